The lowest BCUT2D eigenvalue weighted by atomic mass is 10.1. The Bertz CT molecular complexity index is 59.7. The fourth-order valence-corrected chi connectivity index (χ4v) is 0.937. The highest BCUT2D eigenvalue weighted by molar-refractivity contribution is 4.49. The highest BCUT2D eigenvalue weighted by atomic mass is 14.8. The molecule has 0 aliphatic heterocycles. The molecule has 10 heavy (non-hydrogen) atoms. The summed E-state index contributed by atoms with van der Waals surface area (Å²) in [5.74, 6) is 0.864. The second kappa shape index (κ2) is 7.07. The van der Waals surface area contributed by atoms with Gasteiger partial charge in [-0.2, -0.15) is 0 Å². The van der Waals surface area contributed by atoms with Crippen LogP contribution in [-0.2, 0) is 0 Å². The minimum absolute atomic E-state index is 0.864. The summed E-state index contributed by atoms with van der Waals surface area (Å²) in [7, 11) is 0. The van der Waals surface area contributed by atoms with Crippen LogP contribution >= 0.6 is 0 Å². The van der Waals surface area contributed by atoms with E-state index in [1.165, 1.54) is 32.4 Å². The van der Waals surface area contributed by atoms with Crippen molar-refractivity contribution in [2.45, 2.75) is 40.0 Å². The van der Waals surface area contributed by atoms with Crippen LogP contribution in [0, 0.1) is 5.92 Å². The lowest BCUT2D eigenvalue weighted by molar-refractivity contribution is 0.527. The normalized spacial score (nSPS) is 10.8. The Balaban J connectivity index is 2.77. The van der Waals surface area contributed by atoms with E-state index in [-0.39, 0.29) is 0 Å². The largest absolute Gasteiger partial charge is 0.317 e. The third-order valence-electron chi connectivity index (χ3n) is 1.56. The van der Waals surface area contributed by atoms with Crippen molar-refractivity contribution in [3.63, 3.8) is 0 Å². The van der Waals surface area contributed by atoms with Gasteiger partial charge in [0.15, 0.2) is 0 Å². The van der Waals surface area contributed by atoms with E-state index in [9.17, 15) is 0 Å². The maximum Gasteiger partial charge on any atom is -0.00488 e. The average Bonchev–Trinajstić information content (AvgIpc) is 1.87. The zero-order chi connectivity index (χ0) is 7.82. The lowest BCUT2D eigenvalue weighted by Gasteiger charge is -2.04. The average molecular weight is 143 g/mol. The minimum Gasteiger partial charge on any atom is -0.317 e. The lowest BCUT2D eigenvalue weighted by Crippen LogP contribution is -2.16. The molecule has 0 aliphatic rings. The van der Waals surface area contributed by atoms with Gasteiger partial charge in [0.2, 0.25) is 0 Å². The van der Waals surface area contributed by atoms with Gasteiger partial charge in [-0.3, -0.25) is 0 Å². The fraction of sp³-hybridized carbons (Fsp3) is 1.00. The molecule has 0 spiro atoms. The van der Waals surface area contributed by atoms with Crippen molar-refractivity contribution in [3.8, 4) is 0 Å². The van der Waals surface area contributed by atoms with E-state index in [1.54, 1.807) is 0 Å². The first kappa shape index (κ1) is 9.96. The SMILES string of the molecule is CCCNCCCC(C)C. The van der Waals surface area contributed by atoms with Crippen molar-refractivity contribution in [1.82, 2.24) is 5.32 Å². The molecule has 0 unspecified atom stereocenters. The Hall–Kier alpha value is -0.0400. The molecule has 0 aromatic carbocycles. The van der Waals surface area contributed by atoms with Gasteiger partial charge in [-0.25, -0.2) is 0 Å². The van der Waals surface area contributed by atoms with Gasteiger partial charge in [0.1, 0.15) is 0 Å². The molecule has 0 aliphatic carbocycles. The van der Waals surface area contributed by atoms with Crippen molar-refractivity contribution < 1.29 is 0 Å². The summed E-state index contributed by atoms with van der Waals surface area (Å²) in [6.07, 6.45) is 3.94. The van der Waals surface area contributed by atoms with Crippen molar-refractivity contribution in [2.75, 3.05) is 13.1 Å². The summed E-state index contributed by atoms with van der Waals surface area (Å²) in [5, 5.41) is 3.39. The molecule has 1 nitrogen and oxygen atoms in total. The molecule has 0 rings (SSSR count). The van der Waals surface area contributed by atoms with Crippen LogP contribution in [0.2, 0.25) is 0 Å². The second-order valence-electron chi connectivity index (χ2n) is 3.29. The van der Waals surface area contributed by atoms with Crippen LogP contribution in [0.1, 0.15) is 40.0 Å². The molecule has 0 atom stereocenters. The quantitative estimate of drug-likeness (QED) is 0.563. The molecule has 0 amide bonds. The zero-order valence-corrected chi connectivity index (χ0v) is 7.61. The first-order chi connectivity index (χ1) is 4.77. The van der Waals surface area contributed by atoms with Crippen molar-refractivity contribution in [1.29, 1.82) is 0 Å². The third-order valence-corrected chi connectivity index (χ3v) is 1.56. The summed E-state index contributed by atoms with van der Waals surface area (Å²) in [6.45, 7) is 9.14. The monoisotopic (exact) mass is 143 g/mol. The Morgan fingerprint density at radius 2 is 1.90 bits per heavy atom. The molecule has 62 valence electrons. The van der Waals surface area contributed by atoms with Gasteiger partial charge in [0.05, 0.1) is 0 Å². The van der Waals surface area contributed by atoms with Gasteiger partial charge in [-0.15, -0.1) is 0 Å². The first-order valence-corrected chi connectivity index (χ1v) is 4.48. The van der Waals surface area contributed by atoms with Crippen LogP contribution in [0.15, 0.2) is 0 Å². The second-order valence-corrected chi connectivity index (χ2v) is 3.29. The third kappa shape index (κ3) is 7.96. The van der Waals surface area contributed by atoms with Crippen LogP contribution < -0.4 is 5.32 Å². The Labute approximate surface area is 65.2 Å². The summed E-state index contributed by atoms with van der Waals surface area (Å²) in [6, 6.07) is 0. The molecule has 0 bridgehead atoms. The molecule has 0 heterocycles. The van der Waals surface area contributed by atoms with E-state index < -0.39 is 0 Å². The summed E-state index contributed by atoms with van der Waals surface area (Å²) in [4.78, 5) is 0. The molecule has 0 fully saturated rings. The number of nitrogens with one attached hydrogen (secondary N) is 1. The van der Waals surface area contributed by atoms with E-state index >= 15 is 0 Å². The molecule has 1 N–H and O–H groups in total. The maximum absolute atomic E-state index is 3.39. The summed E-state index contributed by atoms with van der Waals surface area (Å²) >= 11 is 0. The van der Waals surface area contributed by atoms with Crippen LogP contribution in [0.25, 0.3) is 0 Å². The standard InChI is InChI=1S/C9H21N/c1-4-7-10-8-5-6-9(2)3/h9-10H,4-8H2,1-3H3. The van der Waals surface area contributed by atoms with Gasteiger partial charge in [0, 0.05) is 0 Å². The van der Waals surface area contributed by atoms with E-state index in [0.29, 0.717) is 0 Å². The molecule has 0 aromatic rings. The Kier molecular flexibility index (Phi) is 7.04. The van der Waals surface area contributed by atoms with E-state index in [2.05, 4.69) is 26.1 Å². The van der Waals surface area contributed by atoms with Gasteiger partial charge in [0.25, 0.3) is 0 Å². The van der Waals surface area contributed by atoms with Crippen LogP contribution in [0.4, 0.5) is 0 Å². The van der Waals surface area contributed by atoms with E-state index in [0.717, 1.165) is 5.92 Å². The maximum atomic E-state index is 3.39. The molecule has 0 aromatic heterocycles. The van der Waals surface area contributed by atoms with Crippen molar-refractivity contribution >= 4 is 0 Å². The Morgan fingerprint density at radius 1 is 1.20 bits per heavy atom. The van der Waals surface area contributed by atoms with E-state index in [4.69, 9.17) is 0 Å². The van der Waals surface area contributed by atoms with Gasteiger partial charge in [-0.05, 0) is 38.3 Å². The molecule has 0 saturated carbocycles. The number of hydrogen-bond acceptors (Lipinski definition) is 1. The van der Waals surface area contributed by atoms with Crippen LogP contribution in [0.5, 0.6) is 0 Å². The molecular weight excluding hydrogens is 122 g/mol. The predicted octanol–water partition coefficient (Wildman–Crippen LogP) is 2.42. The number of hydrogen-bond donors (Lipinski definition) is 1. The van der Waals surface area contributed by atoms with E-state index in [1.807, 2.05) is 0 Å². The van der Waals surface area contributed by atoms with Crippen molar-refractivity contribution in [2.24, 2.45) is 5.92 Å². The molecule has 0 saturated heterocycles. The summed E-state index contributed by atoms with van der Waals surface area (Å²) in [5.41, 5.74) is 0. The zero-order valence-electron chi connectivity index (χ0n) is 7.61. The van der Waals surface area contributed by atoms with Gasteiger partial charge < -0.3 is 5.32 Å². The Morgan fingerprint density at radius 3 is 2.40 bits per heavy atom. The smallest absolute Gasteiger partial charge is 0.00488 e. The highest BCUT2D eigenvalue weighted by Crippen LogP contribution is 2.01. The van der Waals surface area contributed by atoms with Crippen molar-refractivity contribution in [3.05, 3.63) is 0 Å². The molecule has 0 radical (unpaired) electrons. The first-order valence-electron chi connectivity index (χ1n) is 4.48. The highest BCUT2D eigenvalue weighted by Gasteiger charge is 1.91. The predicted molar refractivity (Wildman–Crippen MR) is 47.2 cm³/mol. The summed E-state index contributed by atoms with van der Waals surface area (Å²) < 4.78 is 0. The topological polar surface area (TPSA) is 12.0 Å². The molecule has 1 heteroatoms. The van der Waals surface area contributed by atoms with Gasteiger partial charge >= 0.3 is 0 Å². The minimum atomic E-state index is 0.864. The van der Waals surface area contributed by atoms with Crippen LogP contribution in [0.3, 0.4) is 0 Å². The fourth-order valence-electron chi connectivity index (χ4n) is 0.937. The molecular formula is C9H21N. The van der Waals surface area contributed by atoms with Gasteiger partial charge in [-0.1, -0.05) is 20.8 Å². The number of rotatable bonds is 6. The van der Waals surface area contributed by atoms with Crippen LogP contribution in [-0.4, -0.2) is 13.1 Å².